The van der Waals surface area contributed by atoms with Gasteiger partial charge in [-0.3, -0.25) is 4.79 Å². The number of para-hydroxylation sites is 1. The summed E-state index contributed by atoms with van der Waals surface area (Å²) in [4.78, 5) is 12.0. The average Bonchev–Trinajstić information content (AvgIpc) is 3.05. The minimum atomic E-state index is -0.503. The number of benzene rings is 1. The van der Waals surface area contributed by atoms with Gasteiger partial charge in [0.25, 0.3) is 5.91 Å². The first-order chi connectivity index (χ1) is 10.7. The SMILES string of the molecule is CCc1ccccc1OC(C)C(=O)NCCCc1ccco1. The van der Waals surface area contributed by atoms with Crippen molar-refractivity contribution in [2.45, 2.75) is 39.2 Å². The van der Waals surface area contributed by atoms with E-state index in [-0.39, 0.29) is 5.91 Å². The normalized spacial score (nSPS) is 11.9. The van der Waals surface area contributed by atoms with Gasteiger partial charge in [-0.2, -0.15) is 0 Å². The Morgan fingerprint density at radius 1 is 1.27 bits per heavy atom. The Labute approximate surface area is 131 Å². The Morgan fingerprint density at radius 2 is 2.09 bits per heavy atom. The first-order valence-corrected chi connectivity index (χ1v) is 7.75. The molecule has 0 fully saturated rings. The summed E-state index contributed by atoms with van der Waals surface area (Å²) < 4.78 is 11.0. The summed E-state index contributed by atoms with van der Waals surface area (Å²) in [5.41, 5.74) is 1.11. The number of carbonyl (C=O) groups is 1. The van der Waals surface area contributed by atoms with Gasteiger partial charge in [0.2, 0.25) is 0 Å². The van der Waals surface area contributed by atoms with Gasteiger partial charge in [-0.1, -0.05) is 25.1 Å². The minimum absolute atomic E-state index is 0.0923. The maximum Gasteiger partial charge on any atom is 0.260 e. The van der Waals surface area contributed by atoms with Gasteiger partial charge in [-0.05, 0) is 43.5 Å². The molecule has 0 saturated heterocycles. The van der Waals surface area contributed by atoms with Crippen molar-refractivity contribution in [2.24, 2.45) is 0 Å². The van der Waals surface area contributed by atoms with Crippen molar-refractivity contribution in [3.63, 3.8) is 0 Å². The van der Waals surface area contributed by atoms with Crippen LogP contribution in [0.2, 0.25) is 0 Å². The molecule has 0 aliphatic rings. The van der Waals surface area contributed by atoms with Crippen molar-refractivity contribution < 1.29 is 13.9 Å². The number of rotatable bonds is 8. The molecule has 4 heteroatoms. The zero-order chi connectivity index (χ0) is 15.8. The number of ether oxygens (including phenoxy) is 1. The second-order valence-electron chi connectivity index (χ2n) is 5.20. The summed E-state index contributed by atoms with van der Waals surface area (Å²) in [5, 5.41) is 2.90. The molecule has 1 aromatic carbocycles. The van der Waals surface area contributed by atoms with Crippen molar-refractivity contribution in [1.82, 2.24) is 5.32 Å². The fourth-order valence-electron chi connectivity index (χ4n) is 2.23. The Hall–Kier alpha value is -2.23. The van der Waals surface area contributed by atoms with Crippen LogP contribution in [0.3, 0.4) is 0 Å². The van der Waals surface area contributed by atoms with Crippen molar-refractivity contribution in [3.05, 3.63) is 54.0 Å². The Bertz CT molecular complexity index is 578. The van der Waals surface area contributed by atoms with E-state index in [0.717, 1.165) is 36.3 Å². The van der Waals surface area contributed by atoms with E-state index in [1.807, 2.05) is 36.4 Å². The molecule has 0 spiro atoms. The highest BCUT2D eigenvalue weighted by atomic mass is 16.5. The summed E-state index contributed by atoms with van der Waals surface area (Å²) in [6.07, 6.45) is 3.71. The van der Waals surface area contributed by atoms with Gasteiger partial charge in [-0.25, -0.2) is 0 Å². The number of nitrogens with one attached hydrogen (secondary N) is 1. The standard InChI is InChI=1S/C18H23NO3/c1-3-15-8-4-5-11-17(15)22-14(2)18(20)19-12-6-9-16-10-7-13-21-16/h4-5,7-8,10-11,13-14H,3,6,9,12H2,1-2H3,(H,19,20). The highest BCUT2D eigenvalue weighted by Gasteiger charge is 2.15. The molecule has 4 nitrogen and oxygen atoms in total. The number of aryl methyl sites for hydroxylation is 2. The third-order valence-corrected chi connectivity index (χ3v) is 3.51. The maximum atomic E-state index is 12.0. The van der Waals surface area contributed by atoms with E-state index < -0.39 is 6.10 Å². The fourth-order valence-corrected chi connectivity index (χ4v) is 2.23. The van der Waals surface area contributed by atoms with Crippen LogP contribution in [-0.4, -0.2) is 18.6 Å². The molecular weight excluding hydrogens is 278 g/mol. The maximum absolute atomic E-state index is 12.0. The topological polar surface area (TPSA) is 51.5 Å². The lowest BCUT2D eigenvalue weighted by molar-refractivity contribution is -0.127. The molecule has 0 aliphatic carbocycles. The van der Waals surface area contributed by atoms with Crippen molar-refractivity contribution in [1.29, 1.82) is 0 Å². The van der Waals surface area contributed by atoms with Gasteiger partial charge < -0.3 is 14.5 Å². The smallest absolute Gasteiger partial charge is 0.260 e. The molecule has 1 heterocycles. The quantitative estimate of drug-likeness (QED) is 0.761. The van der Waals surface area contributed by atoms with Crippen LogP contribution in [0.1, 0.15) is 31.6 Å². The van der Waals surface area contributed by atoms with E-state index in [1.54, 1.807) is 13.2 Å². The molecule has 1 amide bonds. The van der Waals surface area contributed by atoms with E-state index in [1.165, 1.54) is 0 Å². The van der Waals surface area contributed by atoms with E-state index in [2.05, 4.69) is 12.2 Å². The molecular formula is C18H23NO3. The predicted molar refractivity (Wildman–Crippen MR) is 85.9 cm³/mol. The monoisotopic (exact) mass is 301 g/mol. The second-order valence-corrected chi connectivity index (χ2v) is 5.20. The third kappa shape index (κ3) is 4.65. The lowest BCUT2D eigenvalue weighted by Crippen LogP contribution is -2.37. The van der Waals surface area contributed by atoms with Crippen LogP contribution < -0.4 is 10.1 Å². The molecule has 22 heavy (non-hydrogen) atoms. The molecule has 1 atom stereocenters. The molecule has 118 valence electrons. The summed E-state index contributed by atoms with van der Waals surface area (Å²) in [6.45, 7) is 4.46. The van der Waals surface area contributed by atoms with Crippen LogP contribution in [0.25, 0.3) is 0 Å². The van der Waals surface area contributed by atoms with Gasteiger partial charge in [0, 0.05) is 13.0 Å². The number of carbonyl (C=O) groups excluding carboxylic acids is 1. The summed E-state index contributed by atoms with van der Waals surface area (Å²) in [7, 11) is 0. The molecule has 0 bridgehead atoms. The molecule has 2 rings (SSSR count). The first-order valence-electron chi connectivity index (χ1n) is 7.75. The molecule has 1 N–H and O–H groups in total. The third-order valence-electron chi connectivity index (χ3n) is 3.51. The minimum Gasteiger partial charge on any atom is -0.481 e. The van der Waals surface area contributed by atoms with Crippen molar-refractivity contribution >= 4 is 5.91 Å². The first kappa shape index (κ1) is 16.1. The van der Waals surface area contributed by atoms with Crippen LogP contribution in [-0.2, 0) is 17.6 Å². The Kier molecular flexibility index (Phi) is 6.07. The van der Waals surface area contributed by atoms with Crippen LogP contribution >= 0.6 is 0 Å². The van der Waals surface area contributed by atoms with Gasteiger partial charge in [-0.15, -0.1) is 0 Å². The van der Waals surface area contributed by atoms with Gasteiger partial charge in [0.05, 0.1) is 6.26 Å². The van der Waals surface area contributed by atoms with Crippen LogP contribution in [0.4, 0.5) is 0 Å². The Morgan fingerprint density at radius 3 is 2.82 bits per heavy atom. The van der Waals surface area contributed by atoms with Gasteiger partial charge in [0.1, 0.15) is 11.5 Å². The van der Waals surface area contributed by atoms with Crippen LogP contribution in [0.15, 0.2) is 47.1 Å². The Balaban J connectivity index is 1.74. The number of amides is 1. The molecule has 0 radical (unpaired) electrons. The largest absolute Gasteiger partial charge is 0.481 e. The summed E-state index contributed by atoms with van der Waals surface area (Å²) in [6, 6.07) is 11.6. The highest BCUT2D eigenvalue weighted by molar-refractivity contribution is 5.80. The number of hydrogen-bond acceptors (Lipinski definition) is 3. The molecule has 0 saturated carbocycles. The van der Waals surface area contributed by atoms with E-state index in [9.17, 15) is 4.79 Å². The van der Waals surface area contributed by atoms with Crippen LogP contribution in [0.5, 0.6) is 5.75 Å². The molecule has 2 aromatic rings. The van der Waals surface area contributed by atoms with Crippen LogP contribution in [0, 0.1) is 0 Å². The van der Waals surface area contributed by atoms with Gasteiger partial charge >= 0.3 is 0 Å². The number of hydrogen-bond donors (Lipinski definition) is 1. The molecule has 1 unspecified atom stereocenters. The summed E-state index contributed by atoms with van der Waals surface area (Å²) in [5.74, 6) is 1.63. The lowest BCUT2D eigenvalue weighted by Gasteiger charge is -2.16. The predicted octanol–water partition coefficient (Wildman–Crippen LogP) is 3.36. The van der Waals surface area contributed by atoms with Gasteiger partial charge in [0.15, 0.2) is 6.10 Å². The molecule has 1 aromatic heterocycles. The van der Waals surface area contributed by atoms with Crippen molar-refractivity contribution in [3.8, 4) is 5.75 Å². The highest BCUT2D eigenvalue weighted by Crippen LogP contribution is 2.19. The zero-order valence-electron chi connectivity index (χ0n) is 13.2. The fraction of sp³-hybridized carbons (Fsp3) is 0.389. The number of furan rings is 1. The zero-order valence-corrected chi connectivity index (χ0v) is 13.2. The van der Waals surface area contributed by atoms with E-state index >= 15 is 0 Å². The van der Waals surface area contributed by atoms with E-state index in [0.29, 0.717) is 6.54 Å². The average molecular weight is 301 g/mol. The second kappa shape index (κ2) is 8.27. The van der Waals surface area contributed by atoms with Crippen molar-refractivity contribution in [2.75, 3.05) is 6.54 Å². The van der Waals surface area contributed by atoms with E-state index in [4.69, 9.17) is 9.15 Å². The molecule has 0 aliphatic heterocycles. The lowest BCUT2D eigenvalue weighted by atomic mass is 10.1. The summed E-state index contributed by atoms with van der Waals surface area (Å²) >= 11 is 0.